The van der Waals surface area contributed by atoms with Crippen LogP contribution < -0.4 is 4.72 Å². The maximum absolute atomic E-state index is 12.4. The van der Waals surface area contributed by atoms with Gasteiger partial charge in [-0.25, -0.2) is 13.1 Å². The van der Waals surface area contributed by atoms with E-state index in [-0.39, 0.29) is 6.04 Å². The molecule has 2 unspecified atom stereocenters. The molecule has 0 amide bonds. The number of nitrogens with one attached hydrogen (secondary N) is 1. The minimum Gasteiger partial charge on any atom is -0.392 e. The summed E-state index contributed by atoms with van der Waals surface area (Å²) in [7, 11) is -3.50. The molecule has 2 aliphatic rings. The van der Waals surface area contributed by atoms with Crippen LogP contribution in [0.25, 0.3) is 0 Å². The Morgan fingerprint density at radius 3 is 2.60 bits per heavy atom. The van der Waals surface area contributed by atoms with Crippen molar-refractivity contribution in [2.45, 2.75) is 56.6 Å². The number of aliphatic hydroxyl groups is 1. The van der Waals surface area contributed by atoms with Crippen molar-refractivity contribution in [2.24, 2.45) is 5.41 Å². The maximum atomic E-state index is 12.4. The Hall–Kier alpha value is -0.910. The standard InChI is InChI=1S/C15H21NO3S/c1-15(2)13(9-14(15)17)16-20(18,19)12-7-6-10-4-3-5-11(10)8-12/h6-8,13-14,16-17H,3-5,9H2,1-2H3. The largest absolute Gasteiger partial charge is 0.392 e. The molecule has 0 aliphatic heterocycles. The lowest BCUT2D eigenvalue weighted by Gasteiger charge is -2.49. The molecule has 2 atom stereocenters. The van der Waals surface area contributed by atoms with E-state index in [1.165, 1.54) is 5.56 Å². The third-order valence-corrected chi connectivity index (χ3v) is 6.36. The Balaban J connectivity index is 1.82. The van der Waals surface area contributed by atoms with E-state index in [9.17, 15) is 13.5 Å². The van der Waals surface area contributed by atoms with Gasteiger partial charge in [0.25, 0.3) is 0 Å². The predicted octanol–water partition coefficient (Wildman–Crippen LogP) is 1.61. The number of hydrogen-bond donors (Lipinski definition) is 2. The van der Waals surface area contributed by atoms with E-state index >= 15 is 0 Å². The van der Waals surface area contributed by atoms with Gasteiger partial charge in [0.1, 0.15) is 0 Å². The molecule has 0 radical (unpaired) electrons. The number of benzene rings is 1. The fourth-order valence-corrected chi connectivity index (χ4v) is 4.53. The van der Waals surface area contributed by atoms with Gasteiger partial charge >= 0.3 is 0 Å². The Bertz CT molecular complexity index is 637. The van der Waals surface area contributed by atoms with Crippen molar-refractivity contribution in [3.8, 4) is 0 Å². The number of hydrogen-bond acceptors (Lipinski definition) is 3. The smallest absolute Gasteiger partial charge is 0.240 e. The van der Waals surface area contributed by atoms with Crippen LogP contribution >= 0.6 is 0 Å². The zero-order chi connectivity index (χ0) is 14.5. The summed E-state index contributed by atoms with van der Waals surface area (Å²) in [4.78, 5) is 0.343. The van der Waals surface area contributed by atoms with E-state index in [1.54, 1.807) is 12.1 Å². The van der Waals surface area contributed by atoms with Crippen molar-refractivity contribution in [3.63, 3.8) is 0 Å². The normalized spacial score (nSPS) is 27.9. The molecule has 0 bridgehead atoms. The first-order valence-electron chi connectivity index (χ1n) is 7.13. The Morgan fingerprint density at radius 1 is 1.25 bits per heavy atom. The molecule has 1 aromatic carbocycles. The highest BCUT2D eigenvalue weighted by Crippen LogP contribution is 2.41. The van der Waals surface area contributed by atoms with Crippen molar-refractivity contribution in [3.05, 3.63) is 29.3 Å². The molecule has 20 heavy (non-hydrogen) atoms. The SMILES string of the molecule is CC1(C)C(O)CC1NS(=O)(=O)c1ccc2c(c1)CCC2. The molecule has 1 fully saturated rings. The van der Waals surface area contributed by atoms with Crippen LogP contribution in [0.15, 0.2) is 23.1 Å². The molecule has 110 valence electrons. The summed E-state index contributed by atoms with van der Waals surface area (Å²) in [5.41, 5.74) is 2.02. The average molecular weight is 295 g/mol. The molecule has 0 aromatic heterocycles. The second-order valence-corrected chi connectivity index (χ2v) is 8.24. The molecule has 0 spiro atoms. The van der Waals surface area contributed by atoms with Crippen molar-refractivity contribution in [1.29, 1.82) is 0 Å². The third-order valence-electron chi connectivity index (χ3n) is 4.89. The van der Waals surface area contributed by atoms with E-state index in [4.69, 9.17) is 0 Å². The molecular formula is C15H21NO3S. The van der Waals surface area contributed by atoms with Crippen LogP contribution in [-0.4, -0.2) is 25.7 Å². The molecule has 3 rings (SSSR count). The molecule has 0 saturated heterocycles. The van der Waals surface area contributed by atoms with Crippen molar-refractivity contribution in [2.75, 3.05) is 0 Å². The fraction of sp³-hybridized carbons (Fsp3) is 0.600. The average Bonchev–Trinajstić information content (AvgIpc) is 2.85. The highest BCUT2D eigenvalue weighted by molar-refractivity contribution is 7.89. The summed E-state index contributed by atoms with van der Waals surface area (Å²) < 4.78 is 27.6. The van der Waals surface area contributed by atoms with E-state index in [0.29, 0.717) is 11.3 Å². The van der Waals surface area contributed by atoms with Gasteiger partial charge in [0, 0.05) is 11.5 Å². The van der Waals surface area contributed by atoms with Crippen molar-refractivity contribution >= 4 is 10.0 Å². The number of aliphatic hydroxyl groups excluding tert-OH is 1. The third kappa shape index (κ3) is 2.18. The lowest BCUT2D eigenvalue weighted by atomic mass is 9.65. The molecule has 2 N–H and O–H groups in total. The molecule has 0 heterocycles. The van der Waals surface area contributed by atoms with Crippen LogP contribution in [0, 0.1) is 5.41 Å². The maximum Gasteiger partial charge on any atom is 0.240 e. The van der Waals surface area contributed by atoms with Gasteiger partial charge in [0.2, 0.25) is 10.0 Å². The van der Waals surface area contributed by atoms with E-state index in [2.05, 4.69) is 4.72 Å². The number of rotatable bonds is 3. The Labute approximate surface area is 120 Å². The predicted molar refractivity (Wildman–Crippen MR) is 77.0 cm³/mol. The minimum absolute atomic E-state index is 0.198. The first kappa shape index (κ1) is 14.0. The summed E-state index contributed by atoms with van der Waals surface area (Å²) in [5.74, 6) is 0. The topological polar surface area (TPSA) is 66.4 Å². The quantitative estimate of drug-likeness (QED) is 0.890. The summed E-state index contributed by atoms with van der Waals surface area (Å²) in [6.07, 6.45) is 3.16. The van der Waals surface area contributed by atoms with Gasteiger partial charge in [0.15, 0.2) is 0 Å². The van der Waals surface area contributed by atoms with Gasteiger partial charge in [-0.1, -0.05) is 19.9 Å². The van der Waals surface area contributed by atoms with Gasteiger partial charge < -0.3 is 5.11 Å². The number of sulfonamides is 1. The van der Waals surface area contributed by atoms with E-state index < -0.39 is 21.5 Å². The fourth-order valence-electron chi connectivity index (χ4n) is 3.07. The molecule has 5 heteroatoms. The lowest BCUT2D eigenvalue weighted by Crippen LogP contribution is -2.61. The summed E-state index contributed by atoms with van der Waals surface area (Å²) in [6.45, 7) is 3.77. The van der Waals surface area contributed by atoms with Crippen LogP contribution in [0.1, 0.15) is 37.8 Å². The summed E-state index contributed by atoms with van der Waals surface area (Å²) in [6, 6.07) is 5.22. The van der Waals surface area contributed by atoms with Crippen LogP contribution in [0.3, 0.4) is 0 Å². The molecule has 2 aliphatic carbocycles. The van der Waals surface area contributed by atoms with Crippen LogP contribution in [0.5, 0.6) is 0 Å². The van der Waals surface area contributed by atoms with E-state index in [1.807, 2.05) is 19.9 Å². The molecule has 1 saturated carbocycles. The second kappa shape index (κ2) is 4.55. The summed E-state index contributed by atoms with van der Waals surface area (Å²) >= 11 is 0. The zero-order valence-electron chi connectivity index (χ0n) is 11.9. The van der Waals surface area contributed by atoms with Crippen LogP contribution in [0.2, 0.25) is 0 Å². The van der Waals surface area contributed by atoms with Gasteiger partial charge in [-0.05, 0) is 48.9 Å². The number of aryl methyl sites for hydroxylation is 2. The van der Waals surface area contributed by atoms with Crippen molar-refractivity contribution in [1.82, 2.24) is 4.72 Å². The molecule has 1 aromatic rings. The van der Waals surface area contributed by atoms with Crippen LogP contribution in [0.4, 0.5) is 0 Å². The zero-order valence-corrected chi connectivity index (χ0v) is 12.7. The molecular weight excluding hydrogens is 274 g/mol. The second-order valence-electron chi connectivity index (χ2n) is 6.53. The number of fused-ring (bicyclic) bond motifs is 1. The Kier molecular flexibility index (Phi) is 3.19. The first-order valence-corrected chi connectivity index (χ1v) is 8.61. The van der Waals surface area contributed by atoms with Gasteiger partial charge in [-0.3, -0.25) is 0 Å². The highest BCUT2D eigenvalue weighted by atomic mass is 32.2. The van der Waals surface area contributed by atoms with Gasteiger partial charge in [-0.2, -0.15) is 0 Å². The van der Waals surface area contributed by atoms with E-state index in [0.717, 1.165) is 24.8 Å². The molecule has 4 nitrogen and oxygen atoms in total. The first-order chi connectivity index (χ1) is 9.30. The van der Waals surface area contributed by atoms with Gasteiger partial charge in [-0.15, -0.1) is 0 Å². The summed E-state index contributed by atoms with van der Waals surface area (Å²) in [5, 5.41) is 9.71. The van der Waals surface area contributed by atoms with Crippen LogP contribution in [-0.2, 0) is 22.9 Å². The minimum atomic E-state index is -3.50. The lowest BCUT2D eigenvalue weighted by molar-refractivity contribution is -0.0645. The van der Waals surface area contributed by atoms with Crippen molar-refractivity contribution < 1.29 is 13.5 Å². The Morgan fingerprint density at radius 2 is 1.95 bits per heavy atom. The van der Waals surface area contributed by atoms with Gasteiger partial charge in [0.05, 0.1) is 11.0 Å². The highest BCUT2D eigenvalue weighted by Gasteiger charge is 2.48. The monoisotopic (exact) mass is 295 g/mol.